The van der Waals surface area contributed by atoms with Gasteiger partial charge in [0.1, 0.15) is 0 Å². The van der Waals surface area contributed by atoms with E-state index in [1.54, 1.807) is 11.8 Å². The highest BCUT2D eigenvalue weighted by atomic mass is 32.2. The van der Waals surface area contributed by atoms with Gasteiger partial charge in [-0.25, -0.2) is 0 Å². The molecule has 1 amide bonds. The normalized spacial score (nSPS) is 27.8. The molecule has 14 heavy (non-hydrogen) atoms. The van der Waals surface area contributed by atoms with E-state index in [0.717, 1.165) is 19.5 Å². The molecule has 0 saturated carbocycles. The summed E-state index contributed by atoms with van der Waals surface area (Å²) in [6.45, 7) is 4.70. The number of carbonyl (C=O) groups excluding carboxylic acids is 1. The van der Waals surface area contributed by atoms with Gasteiger partial charge in [-0.15, -0.1) is 0 Å². The molecule has 1 aliphatic rings. The van der Waals surface area contributed by atoms with Crippen LogP contribution in [0.1, 0.15) is 13.3 Å². The summed E-state index contributed by atoms with van der Waals surface area (Å²) in [5.41, 5.74) is 5.69. The molecule has 0 aliphatic carbocycles. The maximum atomic E-state index is 11.6. The number of amides is 1. The van der Waals surface area contributed by atoms with Crippen LogP contribution in [0.3, 0.4) is 0 Å². The molecule has 82 valence electrons. The van der Waals surface area contributed by atoms with E-state index in [1.807, 2.05) is 11.2 Å². The van der Waals surface area contributed by atoms with Crippen molar-refractivity contribution in [1.82, 2.24) is 4.90 Å². The zero-order chi connectivity index (χ0) is 10.6. The number of thioether (sulfide) groups is 1. The van der Waals surface area contributed by atoms with Gasteiger partial charge in [0.15, 0.2) is 0 Å². The third kappa shape index (κ3) is 2.89. The lowest BCUT2D eigenvalue weighted by Gasteiger charge is -2.36. The van der Waals surface area contributed by atoms with Gasteiger partial charge < -0.3 is 10.6 Å². The highest BCUT2D eigenvalue weighted by molar-refractivity contribution is 7.99. The van der Waals surface area contributed by atoms with Gasteiger partial charge in [-0.3, -0.25) is 4.79 Å². The maximum Gasteiger partial charge on any atom is 0.232 e. The molecule has 1 aliphatic heterocycles. The van der Waals surface area contributed by atoms with Crippen LogP contribution in [0.5, 0.6) is 0 Å². The Kier molecular flexibility index (Phi) is 4.75. The summed E-state index contributed by atoms with van der Waals surface area (Å²) in [4.78, 5) is 13.6. The van der Waals surface area contributed by atoms with E-state index in [-0.39, 0.29) is 5.91 Å². The Morgan fingerprint density at radius 2 is 2.36 bits per heavy atom. The van der Waals surface area contributed by atoms with Crippen LogP contribution in [0.25, 0.3) is 0 Å². The van der Waals surface area contributed by atoms with Gasteiger partial charge in [0.25, 0.3) is 0 Å². The van der Waals surface area contributed by atoms with E-state index < -0.39 is 0 Å². The standard InChI is InChI=1S/C10H20N2OS/c1-8-3-4-12(6-9(8)5-11)10(13)7-14-2/h8-9H,3-7,11H2,1-2H3. The number of carbonyl (C=O) groups is 1. The molecule has 0 spiro atoms. The summed E-state index contributed by atoms with van der Waals surface area (Å²) in [6, 6.07) is 0. The maximum absolute atomic E-state index is 11.6. The largest absolute Gasteiger partial charge is 0.342 e. The quantitative estimate of drug-likeness (QED) is 0.759. The zero-order valence-corrected chi connectivity index (χ0v) is 9.85. The van der Waals surface area contributed by atoms with Crippen LogP contribution in [-0.2, 0) is 4.79 Å². The highest BCUT2D eigenvalue weighted by Gasteiger charge is 2.27. The third-order valence-electron chi connectivity index (χ3n) is 3.04. The lowest BCUT2D eigenvalue weighted by atomic mass is 9.87. The Morgan fingerprint density at radius 3 is 2.93 bits per heavy atom. The van der Waals surface area contributed by atoms with Crippen molar-refractivity contribution < 1.29 is 4.79 Å². The Morgan fingerprint density at radius 1 is 1.64 bits per heavy atom. The number of hydrogen-bond acceptors (Lipinski definition) is 3. The summed E-state index contributed by atoms with van der Waals surface area (Å²) in [5.74, 6) is 2.03. The smallest absolute Gasteiger partial charge is 0.232 e. The van der Waals surface area contributed by atoms with E-state index in [1.165, 1.54) is 0 Å². The number of nitrogens with two attached hydrogens (primary N) is 1. The van der Waals surface area contributed by atoms with Crippen molar-refractivity contribution in [3.63, 3.8) is 0 Å². The SMILES string of the molecule is CSCC(=O)N1CCC(C)C(CN)C1. The van der Waals surface area contributed by atoms with Gasteiger partial charge in [0.2, 0.25) is 5.91 Å². The van der Waals surface area contributed by atoms with Crippen LogP contribution < -0.4 is 5.73 Å². The number of rotatable bonds is 3. The zero-order valence-electron chi connectivity index (χ0n) is 9.03. The number of nitrogens with zero attached hydrogens (tertiary/aromatic N) is 1. The van der Waals surface area contributed by atoms with Gasteiger partial charge in [0.05, 0.1) is 5.75 Å². The van der Waals surface area contributed by atoms with Gasteiger partial charge >= 0.3 is 0 Å². The summed E-state index contributed by atoms with van der Waals surface area (Å²) in [5, 5.41) is 0. The monoisotopic (exact) mass is 216 g/mol. The fourth-order valence-electron chi connectivity index (χ4n) is 1.90. The molecule has 3 nitrogen and oxygen atoms in total. The molecule has 1 heterocycles. The van der Waals surface area contributed by atoms with Crippen molar-refractivity contribution in [3.05, 3.63) is 0 Å². The second kappa shape index (κ2) is 5.61. The Hall–Kier alpha value is -0.220. The van der Waals surface area contributed by atoms with Crippen LogP contribution in [0, 0.1) is 11.8 Å². The first-order chi connectivity index (χ1) is 6.69. The molecular weight excluding hydrogens is 196 g/mol. The fourth-order valence-corrected chi connectivity index (χ4v) is 2.33. The Labute approximate surface area is 90.4 Å². The average Bonchev–Trinajstić information content (AvgIpc) is 2.19. The third-order valence-corrected chi connectivity index (χ3v) is 3.57. The second-order valence-corrected chi connectivity index (χ2v) is 4.90. The molecule has 0 aromatic carbocycles. The van der Waals surface area contributed by atoms with E-state index in [0.29, 0.717) is 24.1 Å². The molecule has 0 aromatic heterocycles. The molecule has 0 aromatic rings. The molecule has 0 bridgehead atoms. The van der Waals surface area contributed by atoms with Crippen LogP contribution in [0.2, 0.25) is 0 Å². The van der Waals surface area contributed by atoms with Crippen LogP contribution >= 0.6 is 11.8 Å². The molecule has 1 saturated heterocycles. The van der Waals surface area contributed by atoms with Crippen molar-refractivity contribution in [2.24, 2.45) is 17.6 Å². The van der Waals surface area contributed by atoms with Gasteiger partial charge in [0, 0.05) is 13.1 Å². The molecule has 0 radical (unpaired) electrons. The van der Waals surface area contributed by atoms with Crippen molar-refractivity contribution in [2.45, 2.75) is 13.3 Å². The van der Waals surface area contributed by atoms with E-state index in [2.05, 4.69) is 6.92 Å². The topological polar surface area (TPSA) is 46.3 Å². The van der Waals surface area contributed by atoms with E-state index in [9.17, 15) is 4.79 Å². The molecule has 4 heteroatoms. The molecule has 2 unspecified atom stereocenters. The lowest BCUT2D eigenvalue weighted by molar-refractivity contribution is -0.130. The van der Waals surface area contributed by atoms with Crippen LogP contribution in [-0.4, -0.2) is 42.4 Å². The molecule has 1 rings (SSSR count). The first kappa shape index (κ1) is 11.9. The number of hydrogen-bond donors (Lipinski definition) is 1. The van der Waals surface area contributed by atoms with Crippen LogP contribution in [0.4, 0.5) is 0 Å². The molecule has 1 fully saturated rings. The molecule has 2 atom stereocenters. The van der Waals surface area contributed by atoms with Gasteiger partial charge in [-0.2, -0.15) is 11.8 Å². The second-order valence-electron chi connectivity index (χ2n) is 4.03. The van der Waals surface area contributed by atoms with Crippen molar-refractivity contribution in [3.8, 4) is 0 Å². The summed E-state index contributed by atoms with van der Waals surface area (Å²) in [6.07, 6.45) is 3.06. The Balaban J connectivity index is 2.45. The van der Waals surface area contributed by atoms with Crippen molar-refractivity contribution >= 4 is 17.7 Å². The lowest BCUT2D eigenvalue weighted by Crippen LogP contribution is -2.46. The summed E-state index contributed by atoms with van der Waals surface area (Å²) >= 11 is 1.59. The van der Waals surface area contributed by atoms with E-state index >= 15 is 0 Å². The van der Waals surface area contributed by atoms with Crippen molar-refractivity contribution in [1.29, 1.82) is 0 Å². The first-order valence-corrected chi connectivity index (χ1v) is 6.55. The molecule has 2 N–H and O–H groups in total. The van der Waals surface area contributed by atoms with Gasteiger partial charge in [-0.05, 0) is 31.1 Å². The summed E-state index contributed by atoms with van der Waals surface area (Å²) < 4.78 is 0. The average molecular weight is 216 g/mol. The predicted octanol–water partition coefficient (Wildman–Crippen LogP) is 0.793. The minimum atomic E-state index is 0.267. The summed E-state index contributed by atoms with van der Waals surface area (Å²) in [7, 11) is 0. The van der Waals surface area contributed by atoms with E-state index in [4.69, 9.17) is 5.73 Å². The van der Waals surface area contributed by atoms with Crippen LogP contribution in [0.15, 0.2) is 0 Å². The highest BCUT2D eigenvalue weighted by Crippen LogP contribution is 2.22. The van der Waals surface area contributed by atoms with Gasteiger partial charge in [-0.1, -0.05) is 6.92 Å². The first-order valence-electron chi connectivity index (χ1n) is 5.15. The number of piperidine rings is 1. The minimum Gasteiger partial charge on any atom is -0.342 e. The minimum absolute atomic E-state index is 0.267. The van der Waals surface area contributed by atoms with Crippen molar-refractivity contribution in [2.75, 3.05) is 31.6 Å². The fraction of sp³-hybridized carbons (Fsp3) is 0.900. The predicted molar refractivity (Wildman–Crippen MR) is 61.3 cm³/mol. The number of likely N-dealkylation sites (tertiary alicyclic amines) is 1. The molecular formula is C10H20N2OS. The Bertz CT molecular complexity index is 199.